The van der Waals surface area contributed by atoms with E-state index in [2.05, 4.69) is 20.3 Å². The smallest absolute Gasteiger partial charge is 0.350 e. The zero-order chi connectivity index (χ0) is 23.0. The number of hydrogen-bond acceptors (Lipinski definition) is 8. The summed E-state index contributed by atoms with van der Waals surface area (Å²) in [6.45, 7) is 1.22. The molecule has 1 saturated carbocycles. The van der Waals surface area contributed by atoms with Crippen molar-refractivity contribution in [1.82, 2.24) is 15.0 Å². The lowest BCUT2D eigenvalue weighted by molar-refractivity contribution is -0.129. The number of ether oxygens (including phenoxy) is 1. The quantitative estimate of drug-likeness (QED) is 0.590. The minimum Gasteiger partial charge on any atom is -0.451 e. The molecule has 1 aromatic carbocycles. The van der Waals surface area contributed by atoms with Crippen LogP contribution in [0.3, 0.4) is 0 Å². The number of thiazole rings is 1. The molecule has 10 heteroatoms. The molecular formula is C23H21N5O4S. The molecule has 2 aliphatic rings. The standard InChI is InChI=1S/C23H21N5O4S/c1-14-18(33-20(26-14)19-24-11-6-12-25-19)21(30)32-13-17(29)28-16-8-3-2-7-15(16)27-22(31)23(28)9-4-5-10-23/h2-3,6-8,11-12H,4-5,9-10,13H2,1H3,(H,27,31). The second-order valence-corrected chi connectivity index (χ2v) is 9.02. The van der Waals surface area contributed by atoms with Gasteiger partial charge in [0.25, 0.3) is 11.8 Å². The first-order chi connectivity index (χ1) is 16.0. The number of carbonyl (C=O) groups is 3. The van der Waals surface area contributed by atoms with Crippen molar-refractivity contribution in [1.29, 1.82) is 0 Å². The van der Waals surface area contributed by atoms with E-state index in [-0.39, 0.29) is 10.8 Å². The van der Waals surface area contributed by atoms with Crippen LogP contribution in [0.25, 0.3) is 10.8 Å². The highest BCUT2D eigenvalue weighted by Crippen LogP contribution is 2.45. The van der Waals surface area contributed by atoms with Crippen molar-refractivity contribution < 1.29 is 19.1 Å². The zero-order valence-electron chi connectivity index (χ0n) is 17.9. The van der Waals surface area contributed by atoms with Crippen LogP contribution in [0.5, 0.6) is 0 Å². The third kappa shape index (κ3) is 3.66. The Hall–Kier alpha value is -3.66. The highest BCUT2D eigenvalue weighted by molar-refractivity contribution is 7.16. The molecule has 168 valence electrons. The second-order valence-electron chi connectivity index (χ2n) is 8.02. The van der Waals surface area contributed by atoms with Crippen LogP contribution >= 0.6 is 11.3 Å². The fraction of sp³-hybridized carbons (Fsp3) is 0.304. The van der Waals surface area contributed by atoms with Gasteiger partial charge in [-0.15, -0.1) is 11.3 Å². The molecule has 1 spiro atoms. The summed E-state index contributed by atoms with van der Waals surface area (Å²) in [5.74, 6) is -0.846. The minimum absolute atomic E-state index is 0.191. The highest BCUT2D eigenvalue weighted by Gasteiger charge is 2.52. The third-order valence-electron chi connectivity index (χ3n) is 5.99. The summed E-state index contributed by atoms with van der Waals surface area (Å²) in [6.07, 6.45) is 6.04. The fourth-order valence-corrected chi connectivity index (χ4v) is 5.39. The van der Waals surface area contributed by atoms with E-state index in [9.17, 15) is 14.4 Å². The van der Waals surface area contributed by atoms with Gasteiger partial charge in [0.05, 0.1) is 17.1 Å². The van der Waals surface area contributed by atoms with E-state index in [0.717, 1.165) is 24.2 Å². The summed E-state index contributed by atoms with van der Waals surface area (Å²) in [5, 5.41) is 3.43. The lowest BCUT2D eigenvalue weighted by Gasteiger charge is -2.44. The van der Waals surface area contributed by atoms with Crippen LogP contribution in [0.2, 0.25) is 0 Å². The number of nitrogens with one attached hydrogen (secondary N) is 1. The molecule has 2 amide bonds. The van der Waals surface area contributed by atoms with Crippen LogP contribution in [0, 0.1) is 6.92 Å². The van der Waals surface area contributed by atoms with Crippen LogP contribution in [0.15, 0.2) is 42.7 Å². The molecule has 9 nitrogen and oxygen atoms in total. The molecule has 3 aromatic rings. The average molecular weight is 464 g/mol. The van der Waals surface area contributed by atoms with Gasteiger partial charge in [0.1, 0.15) is 10.4 Å². The lowest BCUT2D eigenvalue weighted by atomic mass is 9.90. The van der Waals surface area contributed by atoms with Crippen molar-refractivity contribution in [3.05, 3.63) is 53.3 Å². The number of benzene rings is 1. The van der Waals surface area contributed by atoms with E-state index < -0.39 is 24.0 Å². The SMILES string of the molecule is Cc1nc(-c2ncccn2)sc1C(=O)OCC(=O)N1c2ccccc2NC(=O)C12CCCC2. The maximum atomic E-state index is 13.4. The number of hydrogen-bond donors (Lipinski definition) is 1. The Morgan fingerprint density at radius 3 is 2.64 bits per heavy atom. The van der Waals surface area contributed by atoms with Gasteiger partial charge in [0.15, 0.2) is 17.4 Å². The fourth-order valence-electron chi connectivity index (χ4n) is 4.48. The largest absolute Gasteiger partial charge is 0.451 e. The molecule has 0 atom stereocenters. The number of carbonyl (C=O) groups excluding carboxylic acids is 3. The van der Waals surface area contributed by atoms with Crippen LogP contribution in [-0.4, -0.2) is 44.9 Å². The lowest BCUT2D eigenvalue weighted by Crippen LogP contribution is -2.61. The molecule has 1 N–H and O–H groups in total. The Bertz CT molecular complexity index is 1240. The topological polar surface area (TPSA) is 114 Å². The van der Waals surface area contributed by atoms with Gasteiger partial charge in [0.2, 0.25) is 0 Å². The van der Waals surface area contributed by atoms with Crippen LogP contribution < -0.4 is 10.2 Å². The van der Waals surface area contributed by atoms with Crippen LogP contribution in [-0.2, 0) is 14.3 Å². The number of anilines is 2. The van der Waals surface area contributed by atoms with E-state index in [1.165, 1.54) is 4.90 Å². The van der Waals surface area contributed by atoms with E-state index in [0.29, 0.717) is 40.7 Å². The van der Waals surface area contributed by atoms with Crippen molar-refractivity contribution in [3.8, 4) is 10.8 Å². The summed E-state index contributed by atoms with van der Waals surface area (Å²) in [4.78, 5) is 53.6. The number of amides is 2. The van der Waals surface area contributed by atoms with Gasteiger partial charge in [-0.3, -0.25) is 14.5 Å². The summed E-state index contributed by atoms with van der Waals surface area (Å²) in [5.41, 5.74) is 0.730. The summed E-state index contributed by atoms with van der Waals surface area (Å²) in [6, 6.07) is 8.87. The number of aryl methyl sites for hydroxylation is 1. The first-order valence-corrected chi connectivity index (χ1v) is 11.5. The molecule has 33 heavy (non-hydrogen) atoms. The van der Waals surface area contributed by atoms with Crippen molar-refractivity contribution in [3.63, 3.8) is 0 Å². The molecule has 1 aliphatic carbocycles. The number of esters is 1. The molecule has 0 saturated heterocycles. The van der Waals surface area contributed by atoms with Gasteiger partial charge >= 0.3 is 5.97 Å². The molecule has 0 bridgehead atoms. The van der Waals surface area contributed by atoms with E-state index in [4.69, 9.17) is 4.74 Å². The van der Waals surface area contributed by atoms with Crippen LogP contribution in [0.4, 0.5) is 11.4 Å². The van der Waals surface area contributed by atoms with Crippen LogP contribution in [0.1, 0.15) is 41.0 Å². The Morgan fingerprint density at radius 2 is 1.88 bits per heavy atom. The Balaban J connectivity index is 1.37. The normalized spacial score (nSPS) is 16.4. The monoisotopic (exact) mass is 463 g/mol. The summed E-state index contributed by atoms with van der Waals surface area (Å²) < 4.78 is 5.39. The highest BCUT2D eigenvalue weighted by atomic mass is 32.1. The molecule has 2 aromatic heterocycles. The first kappa shape index (κ1) is 21.2. The van der Waals surface area contributed by atoms with Gasteiger partial charge in [-0.2, -0.15) is 0 Å². The van der Waals surface area contributed by atoms with Crippen molar-refractivity contribution in [2.45, 2.75) is 38.1 Å². The molecule has 1 fully saturated rings. The number of fused-ring (bicyclic) bond motifs is 1. The molecule has 0 unspecified atom stereocenters. The molecule has 3 heterocycles. The maximum absolute atomic E-state index is 13.4. The Labute approximate surface area is 193 Å². The van der Waals surface area contributed by atoms with Gasteiger partial charge < -0.3 is 10.1 Å². The number of nitrogens with zero attached hydrogens (tertiary/aromatic N) is 4. The summed E-state index contributed by atoms with van der Waals surface area (Å²) >= 11 is 1.12. The molecular weight excluding hydrogens is 442 g/mol. The van der Waals surface area contributed by atoms with Crippen molar-refractivity contribution >= 4 is 40.5 Å². The number of aromatic nitrogens is 3. The predicted molar refractivity (Wildman–Crippen MR) is 122 cm³/mol. The molecule has 1 aliphatic heterocycles. The molecule has 0 radical (unpaired) electrons. The van der Waals surface area contributed by atoms with Gasteiger partial charge in [-0.1, -0.05) is 25.0 Å². The molecule has 5 rings (SSSR count). The maximum Gasteiger partial charge on any atom is 0.350 e. The van der Waals surface area contributed by atoms with Gasteiger partial charge in [-0.05, 0) is 38.0 Å². The summed E-state index contributed by atoms with van der Waals surface area (Å²) in [7, 11) is 0. The van der Waals surface area contributed by atoms with Gasteiger partial charge in [-0.25, -0.2) is 19.7 Å². The second kappa shape index (κ2) is 8.36. The number of rotatable bonds is 4. The zero-order valence-corrected chi connectivity index (χ0v) is 18.7. The van der Waals surface area contributed by atoms with Crippen molar-refractivity contribution in [2.75, 3.05) is 16.8 Å². The first-order valence-electron chi connectivity index (χ1n) is 10.6. The van der Waals surface area contributed by atoms with E-state index in [1.54, 1.807) is 43.6 Å². The third-order valence-corrected chi connectivity index (χ3v) is 7.12. The van der Waals surface area contributed by atoms with E-state index in [1.807, 2.05) is 6.07 Å². The average Bonchev–Trinajstić information content (AvgIpc) is 3.47. The Morgan fingerprint density at radius 1 is 1.15 bits per heavy atom. The minimum atomic E-state index is -0.948. The predicted octanol–water partition coefficient (Wildman–Crippen LogP) is 3.36. The van der Waals surface area contributed by atoms with Crippen molar-refractivity contribution in [2.24, 2.45) is 0 Å². The van der Waals surface area contributed by atoms with E-state index >= 15 is 0 Å². The van der Waals surface area contributed by atoms with Gasteiger partial charge in [0, 0.05) is 12.4 Å². The number of para-hydroxylation sites is 2. The Kier molecular flexibility index (Phi) is 5.37.